The second-order valence-electron chi connectivity index (χ2n) is 9.16. The summed E-state index contributed by atoms with van der Waals surface area (Å²) in [6.45, 7) is 0.435. The smallest absolute Gasteiger partial charge is 0.320 e. The lowest BCUT2D eigenvalue weighted by Crippen LogP contribution is -2.46. The fourth-order valence-electron chi connectivity index (χ4n) is 5.11. The first-order valence-corrected chi connectivity index (χ1v) is 11.3. The van der Waals surface area contributed by atoms with E-state index in [1.165, 1.54) is 17.7 Å². The van der Waals surface area contributed by atoms with Crippen LogP contribution in [0.4, 0.5) is 10.1 Å². The Labute approximate surface area is 188 Å². The molecule has 32 heavy (non-hydrogen) atoms. The summed E-state index contributed by atoms with van der Waals surface area (Å²) in [5, 5.41) is 15.5. The van der Waals surface area contributed by atoms with Gasteiger partial charge in [-0.2, -0.15) is 0 Å². The lowest BCUT2D eigenvalue weighted by Gasteiger charge is -2.46. The van der Waals surface area contributed by atoms with Gasteiger partial charge in [-0.15, -0.1) is 0 Å². The average molecular weight is 442 g/mol. The van der Waals surface area contributed by atoms with Crippen molar-refractivity contribution in [2.75, 3.05) is 26.0 Å². The Balaban J connectivity index is 1.39. The second-order valence-corrected chi connectivity index (χ2v) is 9.16. The normalized spacial score (nSPS) is 27.9. The molecule has 2 atom stereocenters. The molecule has 3 N–H and O–H groups in total. The summed E-state index contributed by atoms with van der Waals surface area (Å²) in [6, 6.07) is 14.9. The van der Waals surface area contributed by atoms with Crippen molar-refractivity contribution in [2.45, 2.75) is 55.8 Å². The Kier molecular flexibility index (Phi) is 6.67. The van der Waals surface area contributed by atoms with Crippen molar-refractivity contribution >= 4 is 11.7 Å². The highest BCUT2D eigenvalue weighted by Crippen LogP contribution is 2.41. The lowest BCUT2D eigenvalue weighted by molar-refractivity contribution is -0.139. The summed E-state index contributed by atoms with van der Waals surface area (Å²) < 4.78 is 20.2. The molecule has 1 saturated carbocycles. The summed E-state index contributed by atoms with van der Waals surface area (Å²) >= 11 is 0. The zero-order chi connectivity index (χ0) is 22.7. The largest absolute Gasteiger partial charge is 0.489 e. The van der Waals surface area contributed by atoms with E-state index >= 15 is 0 Å². The SMILES string of the molecule is CN(C)C1(c2ccccc2)CCC(Nc2cc(F)cc(O[C@@H]3CN[C@H](C(=O)O)C3)c2)CC1. The average Bonchev–Trinajstić information content (AvgIpc) is 3.23. The van der Waals surface area contributed by atoms with Gasteiger partial charge in [-0.1, -0.05) is 30.3 Å². The molecule has 6 nitrogen and oxygen atoms in total. The maximum absolute atomic E-state index is 14.3. The molecule has 2 fully saturated rings. The van der Waals surface area contributed by atoms with Gasteiger partial charge in [-0.3, -0.25) is 9.69 Å². The van der Waals surface area contributed by atoms with E-state index < -0.39 is 12.0 Å². The first-order valence-electron chi connectivity index (χ1n) is 11.3. The molecule has 1 heterocycles. The van der Waals surface area contributed by atoms with E-state index in [0.29, 0.717) is 24.4 Å². The molecule has 2 aliphatic rings. The van der Waals surface area contributed by atoms with E-state index in [2.05, 4.69) is 53.9 Å². The fourth-order valence-corrected chi connectivity index (χ4v) is 5.11. The van der Waals surface area contributed by atoms with Gasteiger partial charge in [0.1, 0.15) is 23.7 Å². The minimum Gasteiger partial charge on any atom is -0.489 e. The Morgan fingerprint density at radius 1 is 1.19 bits per heavy atom. The van der Waals surface area contributed by atoms with Crippen molar-refractivity contribution in [1.82, 2.24) is 10.2 Å². The van der Waals surface area contributed by atoms with Crippen molar-refractivity contribution in [1.29, 1.82) is 0 Å². The molecule has 0 spiro atoms. The minimum atomic E-state index is -0.890. The van der Waals surface area contributed by atoms with Crippen LogP contribution in [0.1, 0.15) is 37.7 Å². The molecule has 7 heteroatoms. The zero-order valence-corrected chi connectivity index (χ0v) is 18.7. The van der Waals surface area contributed by atoms with E-state index in [-0.39, 0.29) is 23.5 Å². The number of aliphatic carboxylic acids is 1. The van der Waals surface area contributed by atoms with Gasteiger partial charge in [-0.05, 0) is 51.4 Å². The minimum absolute atomic E-state index is 0.0196. The maximum atomic E-state index is 14.3. The van der Waals surface area contributed by atoms with Gasteiger partial charge in [0.15, 0.2) is 0 Å². The van der Waals surface area contributed by atoms with E-state index in [4.69, 9.17) is 9.84 Å². The number of rotatable bonds is 7. The van der Waals surface area contributed by atoms with Crippen LogP contribution in [-0.2, 0) is 10.3 Å². The highest BCUT2D eigenvalue weighted by Gasteiger charge is 2.38. The Hall–Kier alpha value is -2.64. The van der Waals surface area contributed by atoms with Crippen LogP contribution in [0.2, 0.25) is 0 Å². The van der Waals surface area contributed by atoms with Gasteiger partial charge < -0.3 is 20.5 Å². The molecule has 0 amide bonds. The van der Waals surface area contributed by atoms with E-state index in [0.717, 1.165) is 25.7 Å². The lowest BCUT2D eigenvalue weighted by atomic mass is 9.74. The second kappa shape index (κ2) is 9.46. The van der Waals surface area contributed by atoms with Crippen molar-refractivity contribution in [3.8, 4) is 5.75 Å². The molecular formula is C25H32FN3O3. The Bertz CT molecular complexity index is 929. The van der Waals surface area contributed by atoms with Crippen molar-refractivity contribution in [2.24, 2.45) is 0 Å². The molecule has 1 aliphatic carbocycles. The Morgan fingerprint density at radius 3 is 2.53 bits per heavy atom. The number of hydrogen-bond acceptors (Lipinski definition) is 5. The van der Waals surface area contributed by atoms with Crippen LogP contribution in [0.5, 0.6) is 5.75 Å². The van der Waals surface area contributed by atoms with Crippen LogP contribution < -0.4 is 15.4 Å². The first kappa shape index (κ1) is 22.6. The van der Waals surface area contributed by atoms with E-state index in [1.807, 2.05) is 12.1 Å². The number of carboxylic acid groups (broad SMARTS) is 1. The number of anilines is 1. The third-order valence-corrected chi connectivity index (χ3v) is 6.91. The maximum Gasteiger partial charge on any atom is 0.320 e. The van der Waals surface area contributed by atoms with Gasteiger partial charge in [0, 0.05) is 42.4 Å². The molecule has 172 valence electrons. The number of carbonyl (C=O) groups is 1. The van der Waals surface area contributed by atoms with Crippen LogP contribution >= 0.6 is 0 Å². The molecular weight excluding hydrogens is 409 g/mol. The number of halogens is 1. The molecule has 2 aromatic carbocycles. The molecule has 1 aliphatic heterocycles. The quantitative estimate of drug-likeness (QED) is 0.607. The number of nitrogens with zero attached hydrogens (tertiary/aromatic N) is 1. The van der Waals surface area contributed by atoms with Crippen molar-refractivity contribution in [3.63, 3.8) is 0 Å². The van der Waals surface area contributed by atoms with Crippen LogP contribution in [0.15, 0.2) is 48.5 Å². The molecule has 0 bridgehead atoms. The predicted octanol–water partition coefficient (Wildman–Crippen LogP) is 3.83. The summed E-state index contributed by atoms with van der Waals surface area (Å²) in [7, 11) is 4.29. The number of carboxylic acids is 1. The van der Waals surface area contributed by atoms with Gasteiger partial charge >= 0.3 is 5.97 Å². The molecule has 0 aromatic heterocycles. The van der Waals surface area contributed by atoms with Crippen LogP contribution in [0, 0.1) is 5.82 Å². The van der Waals surface area contributed by atoms with Crippen molar-refractivity contribution < 1.29 is 19.0 Å². The summed E-state index contributed by atoms with van der Waals surface area (Å²) in [6.07, 6.45) is 4.07. The van der Waals surface area contributed by atoms with E-state index in [1.54, 1.807) is 0 Å². The van der Waals surface area contributed by atoms with Crippen LogP contribution in [0.3, 0.4) is 0 Å². The van der Waals surface area contributed by atoms with Crippen LogP contribution in [0.25, 0.3) is 0 Å². The van der Waals surface area contributed by atoms with E-state index in [9.17, 15) is 9.18 Å². The molecule has 4 rings (SSSR count). The standard InChI is InChI=1S/C25H32FN3O3/c1-29(2)25(17-6-4-3-5-7-17)10-8-19(9-11-25)28-20-12-18(26)13-21(14-20)32-22-15-23(24(30)31)27-16-22/h3-7,12-14,19,22-23,27-28H,8-11,15-16H2,1-2H3,(H,30,31)/t19?,22-,23-,25?/m0/s1. The zero-order valence-electron chi connectivity index (χ0n) is 18.7. The summed E-state index contributed by atoms with van der Waals surface area (Å²) in [4.78, 5) is 13.4. The molecule has 0 radical (unpaired) electrons. The monoisotopic (exact) mass is 441 g/mol. The first-order chi connectivity index (χ1) is 15.4. The third kappa shape index (κ3) is 4.89. The highest BCUT2D eigenvalue weighted by atomic mass is 19.1. The molecule has 2 aromatic rings. The van der Waals surface area contributed by atoms with Gasteiger partial charge in [-0.25, -0.2) is 4.39 Å². The number of ether oxygens (including phenoxy) is 1. The number of benzene rings is 2. The van der Waals surface area contributed by atoms with Gasteiger partial charge in [0.2, 0.25) is 0 Å². The van der Waals surface area contributed by atoms with Crippen LogP contribution in [-0.4, -0.2) is 54.8 Å². The molecule has 0 unspecified atom stereocenters. The van der Waals surface area contributed by atoms with Crippen molar-refractivity contribution in [3.05, 3.63) is 59.9 Å². The Morgan fingerprint density at radius 2 is 1.91 bits per heavy atom. The summed E-state index contributed by atoms with van der Waals surface area (Å²) in [5.74, 6) is -0.833. The third-order valence-electron chi connectivity index (χ3n) is 6.91. The summed E-state index contributed by atoms with van der Waals surface area (Å²) in [5.41, 5.74) is 2.06. The molecule has 1 saturated heterocycles. The number of hydrogen-bond donors (Lipinski definition) is 3. The number of nitrogens with one attached hydrogen (secondary N) is 2. The fraction of sp³-hybridized carbons (Fsp3) is 0.480. The van der Waals surface area contributed by atoms with Gasteiger partial charge in [0.05, 0.1) is 0 Å². The van der Waals surface area contributed by atoms with Gasteiger partial charge in [0.25, 0.3) is 0 Å². The predicted molar refractivity (Wildman–Crippen MR) is 123 cm³/mol. The topological polar surface area (TPSA) is 73.8 Å². The highest BCUT2D eigenvalue weighted by molar-refractivity contribution is 5.73.